The van der Waals surface area contributed by atoms with Crippen LogP contribution in [0.3, 0.4) is 0 Å². The minimum Gasteiger partial charge on any atom is -0.496 e. The first-order valence-electron chi connectivity index (χ1n) is 13.3. The molecule has 40 heavy (non-hydrogen) atoms. The monoisotopic (exact) mass is 542 g/mol. The van der Waals surface area contributed by atoms with Crippen LogP contribution in [0.15, 0.2) is 72.8 Å². The summed E-state index contributed by atoms with van der Waals surface area (Å²) in [6.45, 7) is 0. The van der Waals surface area contributed by atoms with Gasteiger partial charge in [-0.15, -0.1) is 0 Å². The van der Waals surface area contributed by atoms with E-state index in [-0.39, 0.29) is 0 Å². The average molecular weight is 543 g/mol. The van der Waals surface area contributed by atoms with Gasteiger partial charge in [-0.2, -0.15) is 0 Å². The van der Waals surface area contributed by atoms with Gasteiger partial charge in [-0.25, -0.2) is 0 Å². The minimum atomic E-state index is 0.732. The van der Waals surface area contributed by atoms with E-state index in [1.54, 1.807) is 42.7 Å². The lowest BCUT2D eigenvalue weighted by Gasteiger charge is -2.16. The highest BCUT2D eigenvalue weighted by Crippen LogP contribution is 2.38. The molecule has 4 rings (SSSR count). The fraction of sp³-hybridized carbons (Fsp3) is 0.294. The smallest absolute Gasteiger partial charge is 0.160 e. The van der Waals surface area contributed by atoms with Gasteiger partial charge in [0.2, 0.25) is 0 Å². The van der Waals surface area contributed by atoms with Gasteiger partial charge >= 0.3 is 0 Å². The Labute approximate surface area is 237 Å². The third kappa shape index (κ3) is 6.63. The number of methoxy groups -OCH3 is 6. The van der Waals surface area contributed by atoms with Crippen LogP contribution in [-0.4, -0.2) is 42.7 Å². The normalized spacial score (nSPS) is 10.7. The van der Waals surface area contributed by atoms with E-state index >= 15 is 0 Å². The SMILES string of the molecule is COc1ccc(CCc2ccc(OC)c(-c3cc(CCc4ccc(OC)c(OC)c4)ccc3OC)c2)cc1OC. The molecule has 6 heteroatoms. The number of aryl methyl sites for hydroxylation is 4. The van der Waals surface area contributed by atoms with Crippen molar-refractivity contribution in [1.82, 2.24) is 0 Å². The van der Waals surface area contributed by atoms with Crippen molar-refractivity contribution in [2.75, 3.05) is 42.7 Å². The molecule has 0 aliphatic rings. The fourth-order valence-electron chi connectivity index (χ4n) is 4.89. The molecule has 4 aromatic rings. The molecule has 0 aliphatic heterocycles. The highest BCUT2D eigenvalue weighted by Gasteiger charge is 2.14. The molecule has 0 amide bonds. The van der Waals surface area contributed by atoms with Crippen molar-refractivity contribution in [1.29, 1.82) is 0 Å². The van der Waals surface area contributed by atoms with Crippen molar-refractivity contribution in [2.24, 2.45) is 0 Å². The van der Waals surface area contributed by atoms with E-state index in [4.69, 9.17) is 28.4 Å². The van der Waals surface area contributed by atoms with Crippen molar-refractivity contribution in [3.05, 3.63) is 95.1 Å². The summed E-state index contributed by atoms with van der Waals surface area (Å²) >= 11 is 0. The third-order valence-corrected chi connectivity index (χ3v) is 7.12. The molecular formula is C34H38O6. The average Bonchev–Trinajstić information content (AvgIpc) is 3.02. The van der Waals surface area contributed by atoms with E-state index in [1.165, 1.54) is 22.3 Å². The van der Waals surface area contributed by atoms with Gasteiger partial charge in [0.25, 0.3) is 0 Å². The van der Waals surface area contributed by atoms with Crippen LogP contribution in [-0.2, 0) is 25.7 Å². The van der Waals surface area contributed by atoms with Crippen LogP contribution in [0.4, 0.5) is 0 Å². The fourth-order valence-corrected chi connectivity index (χ4v) is 4.89. The summed E-state index contributed by atoms with van der Waals surface area (Å²) in [6, 6.07) is 24.9. The van der Waals surface area contributed by atoms with Crippen molar-refractivity contribution >= 4 is 0 Å². The lowest BCUT2D eigenvalue weighted by molar-refractivity contribution is 0.354. The first kappa shape index (κ1) is 28.7. The number of rotatable bonds is 13. The van der Waals surface area contributed by atoms with E-state index in [0.717, 1.165) is 71.3 Å². The molecule has 0 heterocycles. The van der Waals surface area contributed by atoms with Crippen molar-refractivity contribution in [2.45, 2.75) is 25.7 Å². The molecule has 0 aromatic heterocycles. The van der Waals surface area contributed by atoms with Crippen molar-refractivity contribution in [3.8, 4) is 45.6 Å². The van der Waals surface area contributed by atoms with Crippen LogP contribution in [0.1, 0.15) is 22.3 Å². The molecule has 0 saturated carbocycles. The van der Waals surface area contributed by atoms with Crippen LogP contribution in [0.25, 0.3) is 11.1 Å². The highest BCUT2D eigenvalue weighted by molar-refractivity contribution is 5.77. The lowest BCUT2D eigenvalue weighted by Crippen LogP contribution is -1.98. The van der Waals surface area contributed by atoms with Crippen molar-refractivity contribution in [3.63, 3.8) is 0 Å². The number of benzene rings is 4. The molecule has 4 aromatic carbocycles. The third-order valence-electron chi connectivity index (χ3n) is 7.12. The van der Waals surface area contributed by atoms with Crippen LogP contribution < -0.4 is 28.4 Å². The summed E-state index contributed by atoms with van der Waals surface area (Å²) in [5, 5.41) is 0. The Hall–Kier alpha value is -4.32. The quantitative estimate of drug-likeness (QED) is 0.182. The van der Waals surface area contributed by atoms with Crippen molar-refractivity contribution < 1.29 is 28.4 Å². The van der Waals surface area contributed by atoms with E-state index in [0.29, 0.717) is 0 Å². The standard InChI is InChI=1S/C34H38O6/c1-35-29-15-11-23(7-9-25-13-17-31(37-3)33(21-25)39-5)19-27(29)28-20-24(12-16-30(28)36-2)8-10-26-14-18-32(38-4)34(22-26)40-6/h11-22H,7-10H2,1-6H3. The van der Waals surface area contributed by atoms with Gasteiger partial charge in [0.05, 0.1) is 42.7 Å². The Kier molecular flexibility index (Phi) is 9.79. The maximum Gasteiger partial charge on any atom is 0.160 e. The predicted octanol–water partition coefficient (Wildman–Crippen LogP) is 6.98. The Morgan fingerprint density at radius 3 is 0.900 bits per heavy atom. The van der Waals surface area contributed by atoms with Gasteiger partial charge in [-0.1, -0.05) is 24.3 Å². The second kappa shape index (κ2) is 13.7. The first-order valence-corrected chi connectivity index (χ1v) is 13.3. The predicted molar refractivity (Wildman–Crippen MR) is 159 cm³/mol. The van der Waals surface area contributed by atoms with Gasteiger partial charge in [0.1, 0.15) is 11.5 Å². The zero-order valence-electron chi connectivity index (χ0n) is 24.2. The summed E-state index contributed by atoms with van der Waals surface area (Å²) in [5.74, 6) is 4.57. The van der Waals surface area contributed by atoms with Gasteiger partial charge < -0.3 is 28.4 Å². The summed E-state index contributed by atoms with van der Waals surface area (Å²) in [5.41, 5.74) is 6.82. The largest absolute Gasteiger partial charge is 0.496 e. The topological polar surface area (TPSA) is 55.4 Å². The van der Waals surface area contributed by atoms with Crippen LogP contribution in [0.5, 0.6) is 34.5 Å². The molecule has 0 saturated heterocycles. The van der Waals surface area contributed by atoms with E-state index in [9.17, 15) is 0 Å². The maximum atomic E-state index is 5.78. The Morgan fingerprint density at radius 2 is 0.600 bits per heavy atom. The Bertz CT molecular complexity index is 1320. The summed E-state index contributed by atoms with van der Waals surface area (Å²) in [4.78, 5) is 0. The molecule has 0 atom stereocenters. The molecule has 0 spiro atoms. The molecule has 0 aliphatic carbocycles. The Morgan fingerprint density at radius 1 is 0.325 bits per heavy atom. The van der Waals surface area contributed by atoms with E-state index < -0.39 is 0 Å². The Balaban J connectivity index is 1.57. The molecule has 6 nitrogen and oxygen atoms in total. The highest BCUT2D eigenvalue weighted by atomic mass is 16.5. The second-order valence-corrected chi connectivity index (χ2v) is 9.45. The van der Waals surface area contributed by atoms with Crippen LogP contribution in [0.2, 0.25) is 0 Å². The first-order chi connectivity index (χ1) is 19.5. The number of ether oxygens (including phenoxy) is 6. The van der Waals surface area contributed by atoms with Gasteiger partial charge in [0.15, 0.2) is 23.0 Å². The van der Waals surface area contributed by atoms with E-state index in [2.05, 4.69) is 36.4 Å². The number of hydrogen-bond acceptors (Lipinski definition) is 6. The molecule has 210 valence electrons. The van der Waals surface area contributed by atoms with E-state index in [1.807, 2.05) is 36.4 Å². The molecular weight excluding hydrogens is 504 g/mol. The van der Waals surface area contributed by atoms with Gasteiger partial charge in [-0.3, -0.25) is 0 Å². The zero-order chi connectivity index (χ0) is 28.5. The molecule has 0 radical (unpaired) electrons. The zero-order valence-corrected chi connectivity index (χ0v) is 24.2. The second-order valence-electron chi connectivity index (χ2n) is 9.45. The van der Waals surface area contributed by atoms with Crippen LogP contribution in [0, 0.1) is 0 Å². The van der Waals surface area contributed by atoms with Gasteiger partial charge in [0, 0.05) is 11.1 Å². The molecule has 0 N–H and O–H groups in total. The molecule has 0 unspecified atom stereocenters. The summed E-state index contributed by atoms with van der Waals surface area (Å²) < 4.78 is 33.3. The molecule has 0 fully saturated rings. The minimum absolute atomic E-state index is 0.732. The maximum absolute atomic E-state index is 5.78. The lowest BCUT2D eigenvalue weighted by atomic mass is 9.95. The summed E-state index contributed by atoms with van der Waals surface area (Å²) in [6.07, 6.45) is 3.48. The number of hydrogen-bond donors (Lipinski definition) is 0. The molecule has 0 bridgehead atoms. The summed E-state index contributed by atoms with van der Waals surface area (Å²) in [7, 11) is 10.0. The van der Waals surface area contributed by atoms with Gasteiger partial charge in [-0.05, 0) is 96.5 Å². The van der Waals surface area contributed by atoms with Crippen LogP contribution >= 0.6 is 0 Å².